The molecule has 2 atom stereocenters. The fourth-order valence-electron chi connectivity index (χ4n) is 7.25. The van der Waals surface area contributed by atoms with Gasteiger partial charge in [-0.05, 0) is 55.3 Å². The quantitative estimate of drug-likeness (QED) is 0.746. The molecule has 4 saturated carbocycles. The maximum absolute atomic E-state index is 13.4. The lowest BCUT2D eigenvalue weighted by atomic mass is 9.40. The number of carbonyl (C=O) groups is 2. The highest BCUT2D eigenvalue weighted by Crippen LogP contribution is 2.69. The Bertz CT molecular complexity index is 532. The molecule has 0 aromatic rings. The smallest absolute Gasteiger partial charge is 0.228 e. The van der Waals surface area contributed by atoms with E-state index in [0.29, 0.717) is 29.8 Å². The van der Waals surface area contributed by atoms with E-state index in [1.165, 1.54) is 19.3 Å². The molecule has 128 valence electrons. The van der Waals surface area contributed by atoms with Gasteiger partial charge in [0.2, 0.25) is 11.8 Å². The van der Waals surface area contributed by atoms with Crippen LogP contribution in [0.4, 0.5) is 0 Å². The zero-order chi connectivity index (χ0) is 16.5. The number of nitrogens with zero attached hydrogens (tertiary/aromatic N) is 2. The summed E-state index contributed by atoms with van der Waals surface area (Å²) in [4.78, 5) is 28.9. The molecule has 4 aliphatic carbocycles. The number of amides is 2. The van der Waals surface area contributed by atoms with Gasteiger partial charge in [-0.1, -0.05) is 13.8 Å². The summed E-state index contributed by atoms with van der Waals surface area (Å²) in [5.41, 5.74) is 0.664. The van der Waals surface area contributed by atoms with Gasteiger partial charge >= 0.3 is 0 Å². The molecule has 0 N–H and O–H groups in total. The minimum atomic E-state index is -0.0959. The van der Waals surface area contributed by atoms with E-state index < -0.39 is 0 Å². The zero-order valence-corrected chi connectivity index (χ0v) is 14.9. The van der Waals surface area contributed by atoms with Crippen LogP contribution in [0.15, 0.2) is 0 Å². The molecule has 4 bridgehead atoms. The molecule has 1 aliphatic heterocycles. The normalized spacial score (nSPS) is 45.4. The standard InChI is InChI=1S/C19H30N2O2/c1-14(22)20-4-6-21(7-5-20)16(23)19-10-15-8-17(2,12-19)11-18(3,9-15)13-19/h15H,4-13H2,1-3H3/t15?,17-,18-,19?/m0/s1. The van der Waals surface area contributed by atoms with Crippen LogP contribution in [-0.4, -0.2) is 47.8 Å². The molecule has 1 heterocycles. The van der Waals surface area contributed by atoms with E-state index in [2.05, 4.69) is 18.7 Å². The summed E-state index contributed by atoms with van der Waals surface area (Å²) in [6.07, 6.45) is 7.27. The van der Waals surface area contributed by atoms with Gasteiger partial charge in [0.05, 0.1) is 5.41 Å². The molecule has 5 fully saturated rings. The van der Waals surface area contributed by atoms with Gasteiger partial charge in [0, 0.05) is 33.1 Å². The minimum absolute atomic E-state index is 0.0959. The van der Waals surface area contributed by atoms with Crippen molar-refractivity contribution in [3.05, 3.63) is 0 Å². The van der Waals surface area contributed by atoms with Crippen LogP contribution in [-0.2, 0) is 9.59 Å². The summed E-state index contributed by atoms with van der Waals surface area (Å²) in [5.74, 6) is 1.29. The van der Waals surface area contributed by atoms with Crippen molar-refractivity contribution in [1.82, 2.24) is 9.80 Å². The van der Waals surface area contributed by atoms with Crippen LogP contribution in [0.5, 0.6) is 0 Å². The van der Waals surface area contributed by atoms with Gasteiger partial charge in [0.15, 0.2) is 0 Å². The molecule has 4 heteroatoms. The molecular weight excluding hydrogens is 288 g/mol. The van der Waals surface area contributed by atoms with Crippen molar-refractivity contribution >= 4 is 11.8 Å². The Hall–Kier alpha value is -1.06. The van der Waals surface area contributed by atoms with E-state index in [1.54, 1.807) is 6.92 Å². The molecule has 23 heavy (non-hydrogen) atoms. The van der Waals surface area contributed by atoms with Crippen molar-refractivity contribution in [1.29, 1.82) is 0 Å². The van der Waals surface area contributed by atoms with Gasteiger partial charge in [-0.15, -0.1) is 0 Å². The summed E-state index contributed by atoms with van der Waals surface area (Å²) in [6.45, 7) is 9.32. The third kappa shape index (κ3) is 2.40. The van der Waals surface area contributed by atoms with Gasteiger partial charge in [-0.25, -0.2) is 0 Å². The van der Waals surface area contributed by atoms with Crippen molar-refractivity contribution in [2.45, 2.75) is 59.3 Å². The Kier molecular flexibility index (Phi) is 3.18. The average molecular weight is 318 g/mol. The summed E-state index contributed by atoms with van der Waals surface area (Å²) in [7, 11) is 0. The number of hydrogen-bond acceptors (Lipinski definition) is 2. The van der Waals surface area contributed by atoms with E-state index in [-0.39, 0.29) is 11.3 Å². The molecule has 0 radical (unpaired) electrons. The van der Waals surface area contributed by atoms with Crippen molar-refractivity contribution < 1.29 is 9.59 Å². The molecule has 0 aromatic heterocycles. The van der Waals surface area contributed by atoms with Gasteiger partial charge in [-0.2, -0.15) is 0 Å². The van der Waals surface area contributed by atoms with Gasteiger partial charge in [0.25, 0.3) is 0 Å². The first-order chi connectivity index (χ1) is 10.7. The predicted octanol–water partition coefficient (Wildman–Crippen LogP) is 2.67. The second-order valence-corrected chi connectivity index (χ2v) is 9.71. The largest absolute Gasteiger partial charge is 0.339 e. The van der Waals surface area contributed by atoms with E-state index in [4.69, 9.17) is 0 Å². The van der Waals surface area contributed by atoms with E-state index in [1.807, 2.05) is 4.90 Å². The molecule has 4 nitrogen and oxygen atoms in total. The SMILES string of the molecule is CC(=O)N1CCN(C(=O)C23CC4C[C@](C)(C2)C[C@](C)(C4)C3)CC1. The number of carbonyl (C=O) groups excluding carboxylic acids is 2. The third-order valence-corrected chi connectivity index (χ3v) is 7.09. The molecule has 1 saturated heterocycles. The second kappa shape index (κ2) is 4.73. The van der Waals surface area contributed by atoms with Gasteiger partial charge in [0.1, 0.15) is 0 Å². The average Bonchev–Trinajstić information content (AvgIpc) is 2.42. The fourth-order valence-corrected chi connectivity index (χ4v) is 7.25. The molecule has 5 rings (SSSR count). The molecule has 0 unspecified atom stereocenters. The van der Waals surface area contributed by atoms with Crippen molar-refractivity contribution in [3.8, 4) is 0 Å². The van der Waals surface area contributed by atoms with Crippen LogP contribution in [0, 0.1) is 22.2 Å². The van der Waals surface area contributed by atoms with Crippen LogP contribution >= 0.6 is 0 Å². The topological polar surface area (TPSA) is 40.6 Å². The fraction of sp³-hybridized carbons (Fsp3) is 0.895. The highest BCUT2D eigenvalue weighted by Gasteiger charge is 2.63. The lowest BCUT2D eigenvalue weighted by Gasteiger charge is -2.65. The van der Waals surface area contributed by atoms with Crippen LogP contribution in [0.25, 0.3) is 0 Å². The minimum Gasteiger partial charge on any atom is -0.339 e. The van der Waals surface area contributed by atoms with E-state index >= 15 is 0 Å². The van der Waals surface area contributed by atoms with Crippen molar-refractivity contribution in [2.75, 3.05) is 26.2 Å². The first kappa shape index (κ1) is 15.5. The highest BCUT2D eigenvalue weighted by molar-refractivity contribution is 5.84. The Morgan fingerprint density at radius 3 is 1.83 bits per heavy atom. The van der Waals surface area contributed by atoms with Crippen LogP contribution in [0.2, 0.25) is 0 Å². The third-order valence-electron chi connectivity index (χ3n) is 7.09. The van der Waals surface area contributed by atoms with Crippen molar-refractivity contribution in [2.24, 2.45) is 22.2 Å². The van der Waals surface area contributed by atoms with Crippen LogP contribution in [0.1, 0.15) is 59.3 Å². The number of hydrogen-bond donors (Lipinski definition) is 0. The van der Waals surface area contributed by atoms with Gasteiger partial charge in [-0.3, -0.25) is 9.59 Å². The lowest BCUT2D eigenvalue weighted by Crippen LogP contribution is -2.62. The van der Waals surface area contributed by atoms with Gasteiger partial charge < -0.3 is 9.80 Å². The Labute approximate surface area is 139 Å². The van der Waals surface area contributed by atoms with E-state index in [0.717, 1.165) is 38.3 Å². The van der Waals surface area contributed by atoms with Crippen LogP contribution in [0.3, 0.4) is 0 Å². The first-order valence-corrected chi connectivity index (χ1v) is 9.28. The Morgan fingerprint density at radius 2 is 1.35 bits per heavy atom. The Balaban J connectivity index is 1.54. The highest BCUT2D eigenvalue weighted by atomic mass is 16.2. The molecule has 0 spiro atoms. The second-order valence-electron chi connectivity index (χ2n) is 9.71. The maximum atomic E-state index is 13.4. The van der Waals surface area contributed by atoms with E-state index in [9.17, 15) is 9.59 Å². The molecule has 2 amide bonds. The summed E-state index contributed by atoms with van der Waals surface area (Å²) < 4.78 is 0. The predicted molar refractivity (Wildman–Crippen MR) is 88.7 cm³/mol. The molecular formula is C19H30N2O2. The summed E-state index contributed by atoms with van der Waals surface area (Å²) in [6, 6.07) is 0. The summed E-state index contributed by atoms with van der Waals surface area (Å²) in [5, 5.41) is 0. The Morgan fingerprint density at radius 1 is 0.826 bits per heavy atom. The van der Waals surface area contributed by atoms with Crippen molar-refractivity contribution in [3.63, 3.8) is 0 Å². The number of rotatable bonds is 1. The maximum Gasteiger partial charge on any atom is 0.228 e. The molecule has 0 aromatic carbocycles. The number of piperazine rings is 1. The monoisotopic (exact) mass is 318 g/mol. The first-order valence-electron chi connectivity index (χ1n) is 9.28. The molecule has 5 aliphatic rings. The zero-order valence-electron chi connectivity index (χ0n) is 14.9. The van der Waals surface area contributed by atoms with Crippen LogP contribution < -0.4 is 0 Å². The summed E-state index contributed by atoms with van der Waals surface area (Å²) >= 11 is 0. The lowest BCUT2D eigenvalue weighted by molar-refractivity contribution is -0.181.